The lowest BCUT2D eigenvalue weighted by atomic mass is 9.95. The minimum Gasteiger partial charge on any atom is -0.467 e. The van der Waals surface area contributed by atoms with Crippen molar-refractivity contribution in [3.05, 3.63) is 47.2 Å². The average Bonchev–Trinajstić information content (AvgIpc) is 3.10. The second kappa shape index (κ2) is 6.52. The van der Waals surface area contributed by atoms with E-state index in [2.05, 4.69) is 29.8 Å². The van der Waals surface area contributed by atoms with Crippen molar-refractivity contribution in [1.29, 1.82) is 0 Å². The normalized spacial score (nSPS) is 16.5. The van der Waals surface area contributed by atoms with Crippen LogP contribution in [0.25, 0.3) is 0 Å². The lowest BCUT2D eigenvalue weighted by Crippen LogP contribution is -2.30. The number of hydrogen-bond donors (Lipinski definition) is 1. The first kappa shape index (κ1) is 14.5. The summed E-state index contributed by atoms with van der Waals surface area (Å²) in [5.41, 5.74) is 4.08. The number of aromatic nitrogens is 1. The standard InChI is InChI=1S/C18H26N2O/c1-14-11-16(12-19-17-7-4-3-5-8-17)15(2)20(14)13-18-9-6-10-21-18/h6,9-11,17,19H,3-5,7-8,12-13H2,1-2H3. The molecule has 1 aliphatic rings. The molecule has 2 aromatic heterocycles. The third-order valence-corrected chi connectivity index (χ3v) is 4.76. The highest BCUT2D eigenvalue weighted by atomic mass is 16.3. The molecule has 0 bridgehead atoms. The largest absolute Gasteiger partial charge is 0.467 e. The zero-order valence-corrected chi connectivity index (χ0v) is 13.2. The molecular weight excluding hydrogens is 260 g/mol. The van der Waals surface area contributed by atoms with Gasteiger partial charge in [0.2, 0.25) is 0 Å². The molecule has 2 heterocycles. The van der Waals surface area contributed by atoms with Crippen LogP contribution in [0.5, 0.6) is 0 Å². The van der Waals surface area contributed by atoms with Crippen molar-refractivity contribution in [2.75, 3.05) is 0 Å². The van der Waals surface area contributed by atoms with Crippen LogP contribution in [0.4, 0.5) is 0 Å². The van der Waals surface area contributed by atoms with Gasteiger partial charge in [-0.1, -0.05) is 19.3 Å². The van der Waals surface area contributed by atoms with Gasteiger partial charge in [-0.3, -0.25) is 0 Å². The van der Waals surface area contributed by atoms with E-state index in [4.69, 9.17) is 4.42 Å². The Bertz CT molecular complexity index is 562. The molecule has 0 saturated heterocycles. The first-order chi connectivity index (χ1) is 10.2. The highest BCUT2D eigenvalue weighted by Crippen LogP contribution is 2.20. The van der Waals surface area contributed by atoms with Crippen LogP contribution < -0.4 is 5.32 Å². The van der Waals surface area contributed by atoms with Gasteiger partial charge in [0.25, 0.3) is 0 Å². The minimum atomic E-state index is 0.715. The molecular formula is C18H26N2O. The molecule has 114 valence electrons. The van der Waals surface area contributed by atoms with Gasteiger partial charge in [-0.05, 0) is 50.5 Å². The maximum absolute atomic E-state index is 5.48. The summed E-state index contributed by atoms with van der Waals surface area (Å²) in [5.74, 6) is 1.02. The topological polar surface area (TPSA) is 30.1 Å². The van der Waals surface area contributed by atoms with Gasteiger partial charge < -0.3 is 14.3 Å². The second-order valence-corrected chi connectivity index (χ2v) is 6.28. The van der Waals surface area contributed by atoms with Crippen LogP contribution in [0, 0.1) is 13.8 Å². The van der Waals surface area contributed by atoms with Gasteiger partial charge >= 0.3 is 0 Å². The molecule has 3 rings (SSSR count). The fourth-order valence-corrected chi connectivity index (χ4v) is 3.41. The van der Waals surface area contributed by atoms with Crippen LogP contribution in [0.2, 0.25) is 0 Å². The number of rotatable bonds is 5. The van der Waals surface area contributed by atoms with Crippen LogP contribution in [0.3, 0.4) is 0 Å². The Morgan fingerprint density at radius 2 is 2.05 bits per heavy atom. The Hall–Kier alpha value is -1.48. The van der Waals surface area contributed by atoms with E-state index in [-0.39, 0.29) is 0 Å². The molecule has 1 N–H and O–H groups in total. The molecule has 0 spiro atoms. The number of furan rings is 1. The van der Waals surface area contributed by atoms with Crippen molar-refractivity contribution >= 4 is 0 Å². The molecule has 21 heavy (non-hydrogen) atoms. The average molecular weight is 286 g/mol. The van der Waals surface area contributed by atoms with Gasteiger partial charge in [0.05, 0.1) is 12.8 Å². The van der Waals surface area contributed by atoms with Crippen LogP contribution in [-0.4, -0.2) is 10.6 Å². The molecule has 1 fully saturated rings. The van der Waals surface area contributed by atoms with Crippen LogP contribution in [0.1, 0.15) is 54.8 Å². The van der Waals surface area contributed by atoms with Gasteiger partial charge in [-0.15, -0.1) is 0 Å². The highest BCUT2D eigenvalue weighted by Gasteiger charge is 2.15. The van der Waals surface area contributed by atoms with Gasteiger partial charge in [0, 0.05) is 24.0 Å². The van der Waals surface area contributed by atoms with Crippen molar-refractivity contribution in [2.24, 2.45) is 0 Å². The Morgan fingerprint density at radius 3 is 2.76 bits per heavy atom. The summed E-state index contributed by atoms with van der Waals surface area (Å²) in [6, 6.07) is 7.02. The van der Waals surface area contributed by atoms with Crippen molar-refractivity contribution in [2.45, 2.75) is 65.1 Å². The summed E-state index contributed by atoms with van der Waals surface area (Å²) < 4.78 is 7.82. The van der Waals surface area contributed by atoms with E-state index < -0.39 is 0 Å². The van der Waals surface area contributed by atoms with Crippen molar-refractivity contribution in [3.63, 3.8) is 0 Å². The van der Waals surface area contributed by atoms with Crippen molar-refractivity contribution in [3.8, 4) is 0 Å². The maximum atomic E-state index is 5.48. The maximum Gasteiger partial charge on any atom is 0.123 e. The lowest BCUT2D eigenvalue weighted by molar-refractivity contribution is 0.372. The van der Waals surface area contributed by atoms with E-state index in [1.165, 1.54) is 49.1 Å². The van der Waals surface area contributed by atoms with E-state index in [0.29, 0.717) is 6.04 Å². The van der Waals surface area contributed by atoms with Gasteiger partial charge in [-0.25, -0.2) is 0 Å². The van der Waals surface area contributed by atoms with E-state index >= 15 is 0 Å². The SMILES string of the molecule is Cc1cc(CNC2CCCCC2)c(C)n1Cc1ccco1. The van der Waals surface area contributed by atoms with Gasteiger partial charge in [-0.2, -0.15) is 0 Å². The first-order valence-electron chi connectivity index (χ1n) is 8.15. The highest BCUT2D eigenvalue weighted by molar-refractivity contribution is 5.27. The predicted molar refractivity (Wildman–Crippen MR) is 85.4 cm³/mol. The summed E-state index contributed by atoms with van der Waals surface area (Å²) in [4.78, 5) is 0. The molecule has 0 radical (unpaired) electrons. The van der Waals surface area contributed by atoms with Gasteiger partial charge in [0.1, 0.15) is 5.76 Å². The van der Waals surface area contributed by atoms with Gasteiger partial charge in [0.15, 0.2) is 0 Å². The number of nitrogens with zero attached hydrogens (tertiary/aromatic N) is 1. The summed E-state index contributed by atoms with van der Waals surface area (Å²) >= 11 is 0. The van der Waals surface area contributed by atoms with E-state index in [0.717, 1.165) is 18.8 Å². The summed E-state index contributed by atoms with van der Waals surface area (Å²) in [5, 5.41) is 3.74. The van der Waals surface area contributed by atoms with Crippen LogP contribution >= 0.6 is 0 Å². The second-order valence-electron chi connectivity index (χ2n) is 6.28. The Morgan fingerprint density at radius 1 is 1.24 bits per heavy atom. The Labute approximate surface area is 127 Å². The smallest absolute Gasteiger partial charge is 0.123 e. The molecule has 0 aliphatic heterocycles. The molecule has 1 aliphatic carbocycles. The molecule has 3 heteroatoms. The van der Waals surface area contributed by atoms with Crippen molar-refractivity contribution in [1.82, 2.24) is 9.88 Å². The molecule has 0 atom stereocenters. The number of hydrogen-bond acceptors (Lipinski definition) is 2. The zero-order chi connectivity index (χ0) is 14.7. The lowest BCUT2D eigenvalue weighted by Gasteiger charge is -2.22. The number of nitrogens with one attached hydrogen (secondary N) is 1. The third kappa shape index (κ3) is 3.41. The van der Waals surface area contributed by atoms with E-state index in [1.54, 1.807) is 6.26 Å². The summed E-state index contributed by atoms with van der Waals surface area (Å²) in [7, 11) is 0. The summed E-state index contributed by atoms with van der Waals surface area (Å²) in [6.07, 6.45) is 8.60. The molecule has 0 unspecified atom stereocenters. The van der Waals surface area contributed by atoms with Crippen molar-refractivity contribution < 1.29 is 4.42 Å². The van der Waals surface area contributed by atoms with Crippen LogP contribution in [-0.2, 0) is 13.1 Å². The first-order valence-corrected chi connectivity index (χ1v) is 8.15. The molecule has 3 nitrogen and oxygen atoms in total. The monoisotopic (exact) mass is 286 g/mol. The molecule has 1 saturated carbocycles. The molecule has 2 aromatic rings. The molecule has 0 aromatic carbocycles. The minimum absolute atomic E-state index is 0.715. The predicted octanol–water partition coefficient (Wildman–Crippen LogP) is 4.17. The quantitative estimate of drug-likeness (QED) is 0.894. The fourth-order valence-electron chi connectivity index (χ4n) is 3.41. The third-order valence-electron chi connectivity index (χ3n) is 4.76. The summed E-state index contributed by atoms with van der Waals surface area (Å²) in [6.45, 7) is 6.21. The number of aryl methyl sites for hydroxylation is 1. The zero-order valence-electron chi connectivity index (χ0n) is 13.2. The van der Waals surface area contributed by atoms with E-state index in [1.807, 2.05) is 12.1 Å². The molecule has 0 amide bonds. The Balaban J connectivity index is 1.65. The Kier molecular flexibility index (Phi) is 4.49. The van der Waals surface area contributed by atoms with Crippen LogP contribution in [0.15, 0.2) is 28.9 Å². The van der Waals surface area contributed by atoms with E-state index in [9.17, 15) is 0 Å². The fraction of sp³-hybridized carbons (Fsp3) is 0.556.